The molecule has 1 unspecified atom stereocenters. The first-order valence-electron chi connectivity index (χ1n) is 11.7. The zero-order valence-corrected chi connectivity index (χ0v) is 23.2. The molecule has 1 aliphatic heterocycles. The second-order valence-corrected chi connectivity index (χ2v) is 10.2. The Hall–Kier alpha value is -3.69. The number of para-hydroxylation sites is 1. The lowest BCUT2D eigenvalue weighted by Gasteiger charge is -2.16. The summed E-state index contributed by atoms with van der Waals surface area (Å²) in [6.45, 7) is -0.0341. The molecule has 0 radical (unpaired) electrons. The fourth-order valence-electron chi connectivity index (χ4n) is 3.99. The highest BCUT2D eigenvalue weighted by Gasteiger charge is 2.30. The summed E-state index contributed by atoms with van der Waals surface area (Å²) in [6, 6.07) is 17.7. The van der Waals surface area contributed by atoms with Crippen molar-refractivity contribution < 1.29 is 18.7 Å². The molecule has 0 fully saturated rings. The van der Waals surface area contributed by atoms with Gasteiger partial charge in [0.05, 0.1) is 27.6 Å². The van der Waals surface area contributed by atoms with E-state index in [1.807, 2.05) is 0 Å². The summed E-state index contributed by atoms with van der Waals surface area (Å²) in [4.78, 5) is 35.0. The highest BCUT2D eigenvalue weighted by Crippen LogP contribution is 2.34. The fourth-order valence-corrected chi connectivity index (χ4v) is 5.18. The summed E-state index contributed by atoms with van der Waals surface area (Å²) in [6.07, 6.45) is -0.550. The number of benzene rings is 3. The molecular weight excluding hydrogens is 601 g/mol. The third kappa shape index (κ3) is 5.90. The first-order valence-corrected chi connectivity index (χ1v) is 13.2. The van der Waals surface area contributed by atoms with Gasteiger partial charge in [0.2, 0.25) is 12.0 Å². The second-order valence-electron chi connectivity index (χ2n) is 8.52. The predicted octanol–water partition coefficient (Wildman–Crippen LogP) is 6.96. The lowest BCUT2D eigenvalue weighted by Crippen LogP contribution is -2.42. The van der Waals surface area contributed by atoms with Crippen molar-refractivity contribution in [1.29, 1.82) is 0 Å². The first kappa shape index (κ1) is 27.9. The Morgan fingerprint density at radius 2 is 1.68 bits per heavy atom. The summed E-state index contributed by atoms with van der Waals surface area (Å²) >= 11 is 25.3. The highest BCUT2D eigenvalue weighted by atomic mass is 35.5. The van der Waals surface area contributed by atoms with E-state index in [4.69, 9.17) is 51.1 Å². The van der Waals surface area contributed by atoms with E-state index in [1.165, 1.54) is 12.1 Å². The smallest absolute Gasteiger partial charge is 0.269 e. The van der Waals surface area contributed by atoms with Gasteiger partial charge in [-0.1, -0.05) is 82.8 Å². The van der Waals surface area contributed by atoms with E-state index in [1.54, 1.807) is 48.5 Å². The zero-order chi connectivity index (χ0) is 28.4. The van der Waals surface area contributed by atoms with Crippen LogP contribution in [0.1, 0.15) is 27.0 Å². The number of halogens is 5. The van der Waals surface area contributed by atoms with E-state index in [0.29, 0.717) is 32.4 Å². The summed E-state index contributed by atoms with van der Waals surface area (Å²) in [5.74, 6) is -2.45. The number of amides is 2. The standard InChI is InChI=1S/C28H17Cl4FN4O3/c29-15-9-20(31)23(21(32)10-15)24-17-6-2-4-8-22(17)35-27(39)25(36-24)37-26(38)18-11-16(33)12-34-28(18)40-13-14-5-1-3-7-19(14)30/h1-12,25H,13H2,(H,35,39)(H,37,38). The fraction of sp³-hybridized carbons (Fsp3) is 0.0714. The molecule has 4 aromatic rings. The van der Waals surface area contributed by atoms with Crippen LogP contribution in [0.3, 0.4) is 0 Å². The molecule has 0 bridgehead atoms. The van der Waals surface area contributed by atoms with Gasteiger partial charge in [0, 0.05) is 26.7 Å². The minimum Gasteiger partial charge on any atom is -0.472 e. The zero-order valence-electron chi connectivity index (χ0n) is 20.2. The number of hydrogen-bond donors (Lipinski definition) is 2. The van der Waals surface area contributed by atoms with Crippen LogP contribution in [0.25, 0.3) is 0 Å². The molecule has 2 heterocycles. The Labute approximate surface area is 247 Å². The molecular formula is C28H17Cl4FN4O3. The van der Waals surface area contributed by atoms with E-state index < -0.39 is 23.8 Å². The molecule has 1 atom stereocenters. The van der Waals surface area contributed by atoms with Crippen LogP contribution in [0.15, 0.2) is 77.9 Å². The van der Waals surface area contributed by atoms with Gasteiger partial charge in [0.1, 0.15) is 18.0 Å². The van der Waals surface area contributed by atoms with Gasteiger partial charge in [-0.15, -0.1) is 0 Å². The molecule has 0 spiro atoms. The van der Waals surface area contributed by atoms with Crippen LogP contribution in [0, 0.1) is 5.82 Å². The van der Waals surface area contributed by atoms with E-state index in [2.05, 4.69) is 20.6 Å². The summed E-state index contributed by atoms with van der Waals surface area (Å²) < 4.78 is 19.9. The van der Waals surface area contributed by atoms with Crippen LogP contribution < -0.4 is 15.4 Å². The Morgan fingerprint density at radius 3 is 2.42 bits per heavy atom. The maximum Gasteiger partial charge on any atom is 0.269 e. The number of fused-ring (bicyclic) bond motifs is 1. The number of aromatic nitrogens is 1. The number of carbonyl (C=O) groups excluding carboxylic acids is 2. The van der Waals surface area contributed by atoms with Gasteiger partial charge >= 0.3 is 0 Å². The van der Waals surface area contributed by atoms with Gasteiger partial charge in [0.25, 0.3) is 11.8 Å². The van der Waals surface area contributed by atoms with Crippen LogP contribution in [-0.2, 0) is 11.4 Å². The van der Waals surface area contributed by atoms with Crippen molar-refractivity contribution in [2.45, 2.75) is 12.8 Å². The quantitative estimate of drug-likeness (QED) is 0.245. The molecule has 40 heavy (non-hydrogen) atoms. The van der Waals surface area contributed by atoms with Gasteiger partial charge in [-0.25, -0.2) is 14.4 Å². The maximum absolute atomic E-state index is 14.2. The Morgan fingerprint density at radius 1 is 0.975 bits per heavy atom. The largest absolute Gasteiger partial charge is 0.472 e. The molecule has 1 aromatic heterocycles. The van der Waals surface area contributed by atoms with Gasteiger partial charge in [0.15, 0.2) is 0 Å². The van der Waals surface area contributed by atoms with Crippen molar-refractivity contribution in [1.82, 2.24) is 10.3 Å². The van der Waals surface area contributed by atoms with Crippen LogP contribution in [0.4, 0.5) is 10.1 Å². The molecule has 2 amide bonds. The maximum atomic E-state index is 14.2. The first-order chi connectivity index (χ1) is 19.2. The topological polar surface area (TPSA) is 92.7 Å². The van der Waals surface area contributed by atoms with E-state index >= 15 is 0 Å². The average Bonchev–Trinajstić information content (AvgIpc) is 3.04. The van der Waals surface area contributed by atoms with Crippen molar-refractivity contribution in [3.05, 3.63) is 121 Å². The summed E-state index contributed by atoms with van der Waals surface area (Å²) in [7, 11) is 0. The number of anilines is 1. The van der Waals surface area contributed by atoms with Gasteiger partial charge in [-0.3, -0.25) is 9.59 Å². The number of ether oxygens (including phenoxy) is 1. The third-order valence-corrected chi connectivity index (χ3v) is 7.03. The van der Waals surface area contributed by atoms with Gasteiger partial charge in [-0.2, -0.15) is 0 Å². The molecule has 3 aromatic carbocycles. The van der Waals surface area contributed by atoms with Crippen molar-refractivity contribution in [3.63, 3.8) is 0 Å². The SMILES string of the molecule is O=C(NC1N=C(c2c(Cl)cc(Cl)cc2Cl)c2ccccc2NC1=O)c1cc(F)cnc1OCc1ccccc1Cl. The molecule has 0 saturated heterocycles. The lowest BCUT2D eigenvalue weighted by molar-refractivity contribution is -0.117. The van der Waals surface area contributed by atoms with Crippen molar-refractivity contribution in [2.24, 2.45) is 4.99 Å². The molecule has 7 nitrogen and oxygen atoms in total. The van der Waals surface area contributed by atoms with Gasteiger partial charge < -0.3 is 15.4 Å². The molecule has 0 aliphatic carbocycles. The minimum absolute atomic E-state index is 0.0341. The third-order valence-electron chi connectivity index (χ3n) is 5.84. The average molecular weight is 618 g/mol. The molecule has 202 valence electrons. The van der Waals surface area contributed by atoms with Crippen LogP contribution >= 0.6 is 46.4 Å². The van der Waals surface area contributed by atoms with Gasteiger partial charge in [-0.05, 0) is 30.3 Å². The number of nitrogens with one attached hydrogen (secondary N) is 2. The number of nitrogens with zero attached hydrogens (tertiary/aromatic N) is 2. The molecule has 5 rings (SSSR count). The van der Waals surface area contributed by atoms with E-state index in [9.17, 15) is 14.0 Å². The second kappa shape index (κ2) is 11.8. The van der Waals surface area contributed by atoms with Crippen molar-refractivity contribution in [2.75, 3.05) is 5.32 Å². The highest BCUT2D eigenvalue weighted by molar-refractivity contribution is 6.44. The number of aliphatic imine (C=N–C) groups is 1. The van der Waals surface area contributed by atoms with E-state index in [0.717, 1.165) is 12.3 Å². The monoisotopic (exact) mass is 616 g/mol. The molecule has 0 saturated carbocycles. The van der Waals surface area contributed by atoms with Crippen LogP contribution in [0.2, 0.25) is 20.1 Å². The summed E-state index contributed by atoms with van der Waals surface area (Å²) in [5.41, 5.74) is 1.86. The number of benzodiazepines with no additional fused rings is 1. The number of pyridine rings is 1. The van der Waals surface area contributed by atoms with E-state index in [-0.39, 0.29) is 33.8 Å². The molecule has 2 N–H and O–H groups in total. The lowest BCUT2D eigenvalue weighted by atomic mass is 10.0. The summed E-state index contributed by atoms with van der Waals surface area (Å²) in [5, 5.41) is 6.40. The Bertz CT molecular complexity index is 1660. The Kier molecular flexibility index (Phi) is 8.23. The number of rotatable bonds is 6. The molecule has 12 heteroatoms. The Balaban J connectivity index is 1.50. The van der Waals surface area contributed by atoms with Crippen molar-refractivity contribution >= 4 is 69.6 Å². The normalized spacial score (nSPS) is 14.5. The minimum atomic E-state index is -1.46. The van der Waals surface area contributed by atoms with Crippen molar-refractivity contribution in [3.8, 4) is 5.88 Å². The molecule has 1 aliphatic rings. The number of carbonyl (C=O) groups is 2. The van der Waals surface area contributed by atoms with Crippen LogP contribution in [-0.4, -0.2) is 28.7 Å². The predicted molar refractivity (Wildman–Crippen MR) is 153 cm³/mol. The van der Waals surface area contributed by atoms with Crippen LogP contribution in [0.5, 0.6) is 5.88 Å². The number of hydrogen-bond acceptors (Lipinski definition) is 5.